The number of nitrogens with one attached hydrogen (secondary N) is 3. The number of rotatable bonds is 6. The van der Waals surface area contributed by atoms with Crippen LogP contribution in [0.15, 0.2) is 42.6 Å². The predicted molar refractivity (Wildman–Crippen MR) is 116 cm³/mol. The first-order chi connectivity index (χ1) is 15.0. The molecule has 3 aromatic rings. The Morgan fingerprint density at radius 2 is 2.00 bits per heavy atom. The molecule has 0 unspecified atom stereocenters. The van der Waals surface area contributed by atoms with Crippen LogP contribution in [0.5, 0.6) is 11.5 Å². The largest absolute Gasteiger partial charge is 0.489 e. The molecule has 0 spiro atoms. The monoisotopic (exact) mass is 443 g/mol. The van der Waals surface area contributed by atoms with Gasteiger partial charge in [0.2, 0.25) is 0 Å². The predicted octanol–water partition coefficient (Wildman–Crippen LogP) is 3.48. The third kappa shape index (κ3) is 4.86. The number of benzene rings is 2. The van der Waals surface area contributed by atoms with Crippen molar-refractivity contribution in [3.63, 3.8) is 0 Å². The maximum absolute atomic E-state index is 12.4. The summed E-state index contributed by atoms with van der Waals surface area (Å²) in [6, 6.07) is 9.39. The van der Waals surface area contributed by atoms with Crippen molar-refractivity contribution in [2.45, 2.75) is 25.4 Å². The summed E-state index contributed by atoms with van der Waals surface area (Å²) in [6.45, 7) is 1.20. The van der Waals surface area contributed by atoms with Gasteiger partial charge in [-0.05, 0) is 29.3 Å². The van der Waals surface area contributed by atoms with Gasteiger partial charge in [-0.2, -0.15) is 0 Å². The second-order valence-electron chi connectivity index (χ2n) is 7.24. The lowest BCUT2D eigenvalue weighted by Gasteiger charge is -2.16. The highest BCUT2D eigenvalue weighted by Crippen LogP contribution is 2.37. The molecule has 2 amide bonds. The van der Waals surface area contributed by atoms with Crippen molar-refractivity contribution >= 4 is 34.5 Å². The van der Waals surface area contributed by atoms with E-state index in [9.17, 15) is 14.7 Å². The van der Waals surface area contributed by atoms with Gasteiger partial charge in [-0.1, -0.05) is 29.8 Å². The van der Waals surface area contributed by atoms with E-state index in [1.54, 1.807) is 18.3 Å². The van der Waals surface area contributed by atoms with Crippen molar-refractivity contribution in [2.75, 3.05) is 13.2 Å². The fourth-order valence-corrected chi connectivity index (χ4v) is 3.79. The number of hydrogen-bond donors (Lipinski definition) is 4. The number of carbonyl (C=O) groups excluding carboxylic acids is 1. The van der Waals surface area contributed by atoms with Crippen molar-refractivity contribution in [1.82, 2.24) is 15.6 Å². The molecule has 0 radical (unpaired) electrons. The molecule has 0 fully saturated rings. The molecule has 2 heterocycles. The molecule has 162 valence electrons. The third-order valence-corrected chi connectivity index (χ3v) is 5.30. The van der Waals surface area contributed by atoms with E-state index in [-0.39, 0.29) is 13.0 Å². The molecule has 9 heteroatoms. The minimum absolute atomic E-state index is 0.154. The average molecular weight is 444 g/mol. The number of carboxylic acids is 1. The van der Waals surface area contributed by atoms with Gasteiger partial charge in [-0.25, -0.2) is 9.59 Å². The van der Waals surface area contributed by atoms with Gasteiger partial charge in [0.1, 0.15) is 6.04 Å². The van der Waals surface area contributed by atoms with E-state index in [2.05, 4.69) is 15.6 Å². The number of ether oxygens (including phenoxy) is 2. The van der Waals surface area contributed by atoms with Gasteiger partial charge in [0.25, 0.3) is 0 Å². The minimum Gasteiger partial charge on any atom is -0.489 e. The second kappa shape index (κ2) is 9.18. The van der Waals surface area contributed by atoms with E-state index in [1.165, 1.54) is 0 Å². The van der Waals surface area contributed by atoms with Gasteiger partial charge in [0.15, 0.2) is 11.5 Å². The van der Waals surface area contributed by atoms with Crippen LogP contribution in [0.4, 0.5) is 4.79 Å². The van der Waals surface area contributed by atoms with Crippen LogP contribution in [-0.2, 0) is 17.8 Å². The minimum atomic E-state index is -1.11. The van der Waals surface area contributed by atoms with E-state index in [0.717, 1.165) is 22.9 Å². The number of para-hydroxylation sites is 1. The number of aliphatic carboxylic acids is 1. The Morgan fingerprint density at radius 3 is 2.84 bits per heavy atom. The topological polar surface area (TPSA) is 113 Å². The van der Waals surface area contributed by atoms with E-state index < -0.39 is 18.0 Å². The Bertz CT molecular complexity index is 1110. The number of hydrogen-bond acceptors (Lipinski definition) is 4. The number of carboxylic acid groups (broad SMARTS) is 1. The molecule has 0 saturated carbocycles. The van der Waals surface area contributed by atoms with Crippen molar-refractivity contribution in [1.29, 1.82) is 0 Å². The van der Waals surface area contributed by atoms with Crippen LogP contribution in [0.25, 0.3) is 10.9 Å². The van der Waals surface area contributed by atoms with Crippen LogP contribution in [0.3, 0.4) is 0 Å². The Balaban J connectivity index is 1.39. The Hall–Kier alpha value is -3.39. The molecule has 1 aromatic heterocycles. The van der Waals surface area contributed by atoms with Gasteiger partial charge < -0.3 is 30.2 Å². The zero-order valence-electron chi connectivity index (χ0n) is 16.6. The molecule has 0 aliphatic carbocycles. The lowest BCUT2D eigenvalue weighted by atomic mass is 10.1. The number of fused-ring (bicyclic) bond motifs is 2. The molecule has 0 bridgehead atoms. The smallest absolute Gasteiger partial charge is 0.326 e. The molecule has 31 heavy (non-hydrogen) atoms. The average Bonchev–Trinajstić information content (AvgIpc) is 2.99. The Labute approximate surface area is 183 Å². The zero-order chi connectivity index (χ0) is 21.8. The van der Waals surface area contributed by atoms with Crippen molar-refractivity contribution in [2.24, 2.45) is 0 Å². The van der Waals surface area contributed by atoms with Crippen LogP contribution in [0, 0.1) is 0 Å². The van der Waals surface area contributed by atoms with Crippen LogP contribution < -0.4 is 20.1 Å². The van der Waals surface area contributed by atoms with E-state index >= 15 is 0 Å². The maximum atomic E-state index is 12.4. The van der Waals surface area contributed by atoms with E-state index in [1.807, 2.05) is 24.3 Å². The molecular formula is C22H22ClN3O5. The van der Waals surface area contributed by atoms with Crippen molar-refractivity contribution in [3.05, 3.63) is 58.7 Å². The van der Waals surface area contributed by atoms with Gasteiger partial charge in [0, 0.05) is 36.5 Å². The normalized spacial score (nSPS) is 14.0. The molecule has 8 nitrogen and oxygen atoms in total. The van der Waals surface area contributed by atoms with E-state index in [0.29, 0.717) is 35.3 Å². The van der Waals surface area contributed by atoms with Gasteiger partial charge in [-0.15, -0.1) is 0 Å². The molecule has 1 atom stereocenters. The molecule has 0 saturated heterocycles. The summed E-state index contributed by atoms with van der Waals surface area (Å²) in [5, 5.41) is 16.1. The second-order valence-corrected chi connectivity index (χ2v) is 7.64. The molecular weight excluding hydrogens is 422 g/mol. The Morgan fingerprint density at radius 1 is 1.19 bits per heavy atom. The molecule has 4 N–H and O–H groups in total. The highest BCUT2D eigenvalue weighted by Gasteiger charge is 2.22. The number of urea groups is 1. The lowest BCUT2D eigenvalue weighted by molar-refractivity contribution is -0.139. The Kier molecular flexibility index (Phi) is 6.18. The maximum Gasteiger partial charge on any atom is 0.326 e. The summed E-state index contributed by atoms with van der Waals surface area (Å²) >= 11 is 6.27. The van der Waals surface area contributed by atoms with Gasteiger partial charge in [-0.3, -0.25) is 0 Å². The molecule has 1 aliphatic heterocycles. The quantitative estimate of drug-likeness (QED) is 0.466. The first kappa shape index (κ1) is 20.9. The number of amides is 2. The van der Waals surface area contributed by atoms with Crippen molar-refractivity contribution < 1.29 is 24.2 Å². The third-order valence-electron chi connectivity index (χ3n) is 5.02. The van der Waals surface area contributed by atoms with Crippen LogP contribution in [0.1, 0.15) is 17.5 Å². The summed E-state index contributed by atoms with van der Waals surface area (Å²) < 4.78 is 11.2. The van der Waals surface area contributed by atoms with Crippen LogP contribution in [-0.4, -0.2) is 41.3 Å². The van der Waals surface area contributed by atoms with Crippen LogP contribution in [0.2, 0.25) is 5.02 Å². The number of halogens is 1. The fourth-order valence-electron chi connectivity index (χ4n) is 3.50. The number of carbonyl (C=O) groups is 2. The van der Waals surface area contributed by atoms with Gasteiger partial charge >= 0.3 is 12.0 Å². The van der Waals surface area contributed by atoms with Gasteiger partial charge in [0.05, 0.1) is 18.2 Å². The summed E-state index contributed by atoms with van der Waals surface area (Å²) in [5.74, 6) is -0.0824. The number of aromatic amines is 1. The summed E-state index contributed by atoms with van der Waals surface area (Å²) in [7, 11) is 0. The summed E-state index contributed by atoms with van der Waals surface area (Å²) in [6.07, 6.45) is 2.68. The lowest BCUT2D eigenvalue weighted by Crippen LogP contribution is -2.46. The fraction of sp³-hybridized carbons (Fsp3) is 0.273. The van der Waals surface area contributed by atoms with E-state index in [4.69, 9.17) is 21.1 Å². The molecule has 4 rings (SSSR count). The summed E-state index contributed by atoms with van der Waals surface area (Å²) in [4.78, 5) is 27.2. The zero-order valence-corrected chi connectivity index (χ0v) is 17.4. The molecule has 2 aromatic carbocycles. The number of H-pyrrole nitrogens is 1. The highest BCUT2D eigenvalue weighted by atomic mass is 35.5. The standard InChI is InChI=1S/C22H22ClN3O5/c23-16-8-13(9-19-20(16)31-7-3-6-30-19)11-25-22(29)26-18(21(27)28)10-14-12-24-17-5-2-1-4-15(14)17/h1-2,4-5,8-9,12,18,24H,3,6-7,10-11H2,(H,27,28)(H2,25,26,29)/t18-/m0/s1. The molecule has 1 aliphatic rings. The van der Waals surface area contributed by atoms with Crippen LogP contribution >= 0.6 is 11.6 Å². The van der Waals surface area contributed by atoms with Crippen molar-refractivity contribution in [3.8, 4) is 11.5 Å². The SMILES string of the molecule is O=C(NCc1cc(Cl)c2c(c1)OCCCO2)N[C@@H](Cc1c[nH]c2ccccc12)C(=O)O. The first-order valence-corrected chi connectivity index (χ1v) is 10.3. The number of aromatic nitrogens is 1. The first-order valence-electron chi connectivity index (χ1n) is 9.91. The summed E-state index contributed by atoms with van der Waals surface area (Å²) in [5.41, 5.74) is 2.45. The highest BCUT2D eigenvalue weighted by molar-refractivity contribution is 6.32.